The van der Waals surface area contributed by atoms with E-state index in [4.69, 9.17) is 0 Å². The molecule has 0 radical (unpaired) electrons. The van der Waals surface area contributed by atoms with Crippen molar-refractivity contribution in [2.24, 2.45) is 0 Å². The van der Waals surface area contributed by atoms with Crippen molar-refractivity contribution < 1.29 is 4.79 Å². The van der Waals surface area contributed by atoms with E-state index in [9.17, 15) is 4.79 Å². The monoisotopic (exact) mass is 313 g/mol. The lowest BCUT2D eigenvalue weighted by atomic mass is 10.0. The second kappa shape index (κ2) is 8.90. The van der Waals surface area contributed by atoms with Gasteiger partial charge >= 0.3 is 0 Å². The predicted octanol–water partition coefficient (Wildman–Crippen LogP) is 6.55. The Labute approximate surface area is 140 Å². The number of rotatable bonds is 10. The quantitative estimate of drug-likeness (QED) is 0.360. The lowest BCUT2D eigenvalue weighted by molar-refractivity contribution is 0.101. The summed E-state index contributed by atoms with van der Waals surface area (Å²) in [6.07, 6.45) is 12.5. The van der Waals surface area contributed by atoms with Crippen LogP contribution in [0.5, 0.6) is 0 Å². The first-order valence-corrected chi connectivity index (χ1v) is 9.28. The molecule has 2 nitrogen and oxygen atoms in total. The van der Waals surface area contributed by atoms with Crippen molar-refractivity contribution >= 4 is 16.7 Å². The van der Waals surface area contributed by atoms with Gasteiger partial charge in [0.15, 0.2) is 5.78 Å². The van der Waals surface area contributed by atoms with E-state index in [-0.39, 0.29) is 5.78 Å². The topological polar surface area (TPSA) is 22.0 Å². The minimum atomic E-state index is 0.141. The van der Waals surface area contributed by atoms with Crippen LogP contribution in [0.4, 0.5) is 0 Å². The minimum Gasteiger partial charge on any atom is -0.344 e. The van der Waals surface area contributed by atoms with Crippen LogP contribution in [0.3, 0.4) is 0 Å². The number of unbranched alkanes of at least 4 members (excludes halogenated alkanes) is 4. The summed E-state index contributed by atoms with van der Waals surface area (Å²) >= 11 is 0. The molecule has 1 heterocycles. The molecule has 0 saturated heterocycles. The highest BCUT2D eigenvalue weighted by atomic mass is 16.1. The van der Waals surface area contributed by atoms with Crippen LogP contribution >= 0.6 is 0 Å². The lowest BCUT2D eigenvalue weighted by Crippen LogP contribution is -2.08. The van der Waals surface area contributed by atoms with Crippen LogP contribution in [0.25, 0.3) is 10.9 Å². The van der Waals surface area contributed by atoms with E-state index in [2.05, 4.69) is 36.7 Å². The maximum Gasteiger partial charge on any atom is 0.159 e. The van der Waals surface area contributed by atoms with Crippen molar-refractivity contribution in [2.75, 3.05) is 0 Å². The summed E-state index contributed by atoms with van der Waals surface area (Å²) in [6, 6.07) is 8.88. The summed E-state index contributed by atoms with van der Waals surface area (Å²) in [7, 11) is 0. The molecule has 2 heteroatoms. The smallest absolute Gasteiger partial charge is 0.159 e. The van der Waals surface area contributed by atoms with Gasteiger partial charge in [-0.25, -0.2) is 0 Å². The zero-order valence-corrected chi connectivity index (χ0v) is 15.0. The number of carbonyl (C=O) groups excluding carboxylic acids is 1. The van der Waals surface area contributed by atoms with Gasteiger partial charge in [-0.3, -0.25) is 4.79 Å². The molecule has 0 bridgehead atoms. The summed E-state index contributed by atoms with van der Waals surface area (Å²) < 4.78 is 2.45. The van der Waals surface area contributed by atoms with Crippen LogP contribution in [-0.4, -0.2) is 10.4 Å². The molecule has 1 aromatic heterocycles. The van der Waals surface area contributed by atoms with Gasteiger partial charge in [-0.2, -0.15) is 0 Å². The average molecular weight is 313 g/mol. The minimum absolute atomic E-state index is 0.141. The first-order valence-electron chi connectivity index (χ1n) is 9.28. The molecule has 0 saturated carbocycles. The number of Topliss-reactive ketones (excluding diaryl/α,β-unsaturated/α-hetero) is 1. The molecule has 2 rings (SSSR count). The summed E-state index contributed by atoms with van der Waals surface area (Å²) in [5, 5.41) is 1.19. The number of nitrogens with zero attached hydrogens (tertiary/aromatic N) is 1. The number of carbonyl (C=O) groups is 1. The van der Waals surface area contributed by atoms with Crippen molar-refractivity contribution in [3.8, 4) is 0 Å². The third-order valence-corrected chi connectivity index (χ3v) is 4.80. The Morgan fingerprint density at radius 2 is 1.65 bits per heavy atom. The second-order valence-electron chi connectivity index (χ2n) is 6.70. The van der Waals surface area contributed by atoms with Crippen LogP contribution in [-0.2, 0) is 0 Å². The molecule has 0 aliphatic heterocycles. The average Bonchev–Trinajstić information content (AvgIpc) is 2.96. The van der Waals surface area contributed by atoms with Gasteiger partial charge in [-0.1, -0.05) is 52.4 Å². The zero-order valence-electron chi connectivity index (χ0n) is 15.0. The Kier molecular flexibility index (Phi) is 6.88. The Bertz CT molecular complexity index is 616. The number of benzene rings is 1. The molecule has 0 aliphatic carbocycles. The zero-order chi connectivity index (χ0) is 16.7. The van der Waals surface area contributed by atoms with E-state index in [1.54, 1.807) is 6.92 Å². The fraction of sp³-hybridized carbons (Fsp3) is 0.571. The van der Waals surface area contributed by atoms with E-state index in [1.165, 1.54) is 62.3 Å². The third kappa shape index (κ3) is 4.70. The van der Waals surface area contributed by atoms with Crippen molar-refractivity contribution in [3.63, 3.8) is 0 Å². The fourth-order valence-electron chi connectivity index (χ4n) is 3.38. The highest BCUT2D eigenvalue weighted by Crippen LogP contribution is 2.28. The number of aromatic nitrogens is 1. The van der Waals surface area contributed by atoms with Crippen LogP contribution in [0.1, 0.15) is 88.5 Å². The van der Waals surface area contributed by atoms with Gasteiger partial charge in [0.1, 0.15) is 0 Å². The second-order valence-corrected chi connectivity index (χ2v) is 6.70. The van der Waals surface area contributed by atoms with Gasteiger partial charge < -0.3 is 4.57 Å². The molecule has 126 valence electrons. The Hall–Kier alpha value is -1.57. The van der Waals surface area contributed by atoms with E-state index >= 15 is 0 Å². The molecule has 0 N–H and O–H groups in total. The first kappa shape index (κ1) is 17.8. The lowest BCUT2D eigenvalue weighted by Gasteiger charge is -2.20. The summed E-state index contributed by atoms with van der Waals surface area (Å²) in [4.78, 5) is 11.6. The van der Waals surface area contributed by atoms with E-state index in [1.807, 2.05) is 12.1 Å². The molecule has 2 aromatic rings. The maximum atomic E-state index is 11.6. The molecule has 0 fully saturated rings. The largest absolute Gasteiger partial charge is 0.344 e. The van der Waals surface area contributed by atoms with E-state index in [0.717, 1.165) is 5.56 Å². The normalized spacial score (nSPS) is 11.5. The fourth-order valence-corrected chi connectivity index (χ4v) is 3.38. The summed E-state index contributed by atoms with van der Waals surface area (Å²) in [6.45, 7) is 6.16. The highest BCUT2D eigenvalue weighted by Gasteiger charge is 2.13. The highest BCUT2D eigenvalue weighted by molar-refractivity contribution is 5.98. The summed E-state index contributed by atoms with van der Waals surface area (Å²) in [5.41, 5.74) is 2.08. The van der Waals surface area contributed by atoms with Crippen LogP contribution in [0, 0.1) is 0 Å². The van der Waals surface area contributed by atoms with Crippen LogP contribution < -0.4 is 0 Å². The third-order valence-electron chi connectivity index (χ3n) is 4.80. The van der Waals surface area contributed by atoms with Gasteiger partial charge in [-0.15, -0.1) is 0 Å². The molecule has 0 unspecified atom stereocenters. The van der Waals surface area contributed by atoms with Crippen molar-refractivity contribution in [2.45, 2.75) is 78.2 Å². The maximum absolute atomic E-state index is 11.6. The Morgan fingerprint density at radius 3 is 2.22 bits per heavy atom. The van der Waals surface area contributed by atoms with Crippen molar-refractivity contribution in [3.05, 3.63) is 36.0 Å². The first-order chi connectivity index (χ1) is 11.2. The molecule has 0 atom stereocenters. The van der Waals surface area contributed by atoms with Gasteiger partial charge in [0.25, 0.3) is 0 Å². The number of hydrogen-bond acceptors (Lipinski definition) is 1. The molecular weight excluding hydrogens is 282 g/mol. The molecule has 0 spiro atoms. The Balaban J connectivity index is 2.22. The van der Waals surface area contributed by atoms with Gasteiger partial charge in [0.05, 0.1) is 0 Å². The number of hydrogen-bond donors (Lipinski definition) is 0. The van der Waals surface area contributed by atoms with Crippen LogP contribution in [0.15, 0.2) is 30.5 Å². The van der Waals surface area contributed by atoms with Crippen molar-refractivity contribution in [1.82, 2.24) is 4.57 Å². The standard InChI is InChI=1S/C21H31NO/c1-4-6-8-10-20(11-9-7-5-2)22-15-14-19-16-18(17(3)23)12-13-21(19)22/h12-16,20H,4-11H2,1-3H3. The van der Waals surface area contributed by atoms with E-state index in [0.29, 0.717) is 6.04 Å². The number of fused-ring (bicyclic) bond motifs is 1. The van der Waals surface area contributed by atoms with E-state index < -0.39 is 0 Å². The van der Waals surface area contributed by atoms with Crippen LogP contribution in [0.2, 0.25) is 0 Å². The SMILES string of the molecule is CCCCCC(CCCCC)n1ccc2cc(C(C)=O)ccc21. The van der Waals surface area contributed by atoms with Crippen molar-refractivity contribution in [1.29, 1.82) is 0 Å². The summed E-state index contributed by atoms with van der Waals surface area (Å²) in [5.74, 6) is 0.141. The molecule has 0 amide bonds. The van der Waals surface area contributed by atoms with Gasteiger partial charge in [0, 0.05) is 28.7 Å². The number of ketones is 1. The molecule has 23 heavy (non-hydrogen) atoms. The molecule has 1 aromatic carbocycles. The predicted molar refractivity (Wildman–Crippen MR) is 99.3 cm³/mol. The van der Waals surface area contributed by atoms with Gasteiger partial charge in [0.2, 0.25) is 0 Å². The Morgan fingerprint density at radius 1 is 1.00 bits per heavy atom. The molecular formula is C21H31NO. The molecule has 0 aliphatic rings. The van der Waals surface area contributed by atoms with Gasteiger partial charge in [-0.05, 0) is 44.0 Å².